The van der Waals surface area contributed by atoms with Gasteiger partial charge in [-0.2, -0.15) is 0 Å². The summed E-state index contributed by atoms with van der Waals surface area (Å²) in [5.41, 5.74) is 1.71. The van der Waals surface area contributed by atoms with Crippen LogP contribution < -0.4 is 15.5 Å². The van der Waals surface area contributed by atoms with Crippen molar-refractivity contribution in [2.24, 2.45) is 0 Å². The summed E-state index contributed by atoms with van der Waals surface area (Å²) >= 11 is 6.01. The summed E-state index contributed by atoms with van der Waals surface area (Å²) in [6.07, 6.45) is 3.13. The molecule has 2 N–H and O–H groups in total. The SMILES string of the molecule is CN(C)c1ccc(Cl)cc1NC(=O)[C@@H]1CCCCN1. The van der Waals surface area contributed by atoms with Gasteiger partial charge in [0, 0.05) is 19.1 Å². The second-order valence-electron chi connectivity index (χ2n) is 5.05. The monoisotopic (exact) mass is 281 g/mol. The highest BCUT2D eigenvalue weighted by atomic mass is 35.5. The van der Waals surface area contributed by atoms with Crippen LogP contribution in [0, 0.1) is 0 Å². The van der Waals surface area contributed by atoms with E-state index in [9.17, 15) is 4.79 Å². The van der Waals surface area contributed by atoms with Crippen molar-refractivity contribution in [1.29, 1.82) is 0 Å². The van der Waals surface area contributed by atoms with Gasteiger partial charge in [0.2, 0.25) is 5.91 Å². The van der Waals surface area contributed by atoms with Crippen LogP contribution in [0.2, 0.25) is 5.02 Å². The fourth-order valence-electron chi connectivity index (χ4n) is 2.29. The molecule has 104 valence electrons. The molecular weight excluding hydrogens is 262 g/mol. The van der Waals surface area contributed by atoms with E-state index in [2.05, 4.69) is 10.6 Å². The molecule has 1 fully saturated rings. The lowest BCUT2D eigenvalue weighted by atomic mass is 10.0. The number of nitrogens with one attached hydrogen (secondary N) is 2. The lowest BCUT2D eigenvalue weighted by molar-refractivity contribution is -0.118. The molecule has 1 atom stereocenters. The maximum atomic E-state index is 12.2. The highest BCUT2D eigenvalue weighted by Crippen LogP contribution is 2.28. The van der Waals surface area contributed by atoms with Gasteiger partial charge in [0.15, 0.2) is 0 Å². The summed E-state index contributed by atoms with van der Waals surface area (Å²) in [6, 6.07) is 5.43. The Morgan fingerprint density at radius 3 is 2.84 bits per heavy atom. The van der Waals surface area contributed by atoms with E-state index < -0.39 is 0 Å². The molecule has 0 aliphatic carbocycles. The summed E-state index contributed by atoms with van der Waals surface area (Å²) in [4.78, 5) is 14.2. The number of amides is 1. The Hall–Kier alpha value is -1.26. The van der Waals surface area contributed by atoms with Gasteiger partial charge in [-0.25, -0.2) is 0 Å². The van der Waals surface area contributed by atoms with E-state index in [1.165, 1.54) is 0 Å². The van der Waals surface area contributed by atoms with Crippen LogP contribution in [0.15, 0.2) is 18.2 Å². The van der Waals surface area contributed by atoms with Gasteiger partial charge in [0.25, 0.3) is 0 Å². The molecule has 0 saturated carbocycles. The van der Waals surface area contributed by atoms with Crippen molar-refractivity contribution in [2.75, 3.05) is 30.9 Å². The quantitative estimate of drug-likeness (QED) is 0.895. The first-order chi connectivity index (χ1) is 9.08. The maximum absolute atomic E-state index is 12.2. The number of anilines is 2. The van der Waals surface area contributed by atoms with E-state index in [4.69, 9.17) is 11.6 Å². The third-order valence-electron chi connectivity index (χ3n) is 3.33. The number of carbonyl (C=O) groups excluding carboxylic acids is 1. The minimum absolute atomic E-state index is 0.0186. The molecule has 1 saturated heterocycles. The molecule has 1 heterocycles. The highest BCUT2D eigenvalue weighted by Gasteiger charge is 2.21. The van der Waals surface area contributed by atoms with Crippen molar-refractivity contribution >= 4 is 28.9 Å². The molecule has 1 aliphatic rings. The third-order valence-corrected chi connectivity index (χ3v) is 3.56. The van der Waals surface area contributed by atoms with Crippen LogP contribution in [0.5, 0.6) is 0 Å². The van der Waals surface area contributed by atoms with Crippen molar-refractivity contribution in [2.45, 2.75) is 25.3 Å². The molecule has 0 spiro atoms. The highest BCUT2D eigenvalue weighted by molar-refractivity contribution is 6.31. The number of rotatable bonds is 3. The van der Waals surface area contributed by atoms with E-state index in [0.29, 0.717) is 5.02 Å². The molecule has 19 heavy (non-hydrogen) atoms. The first-order valence-electron chi connectivity index (χ1n) is 6.59. The van der Waals surface area contributed by atoms with E-state index in [0.717, 1.165) is 37.2 Å². The zero-order chi connectivity index (χ0) is 13.8. The fraction of sp³-hybridized carbons (Fsp3) is 0.500. The molecule has 2 rings (SSSR count). The largest absolute Gasteiger partial charge is 0.376 e. The van der Waals surface area contributed by atoms with Gasteiger partial charge in [0.05, 0.1) is 17.4 Å². The van der Waals surface area contributed by atoms with Crippen molar-refractivity contribution in [3.8, 4) is 0 Å². The van der Waals surface area contributed by atoms with Gasteiger partial charge >= 0.3 is 0 Å². The Morgan fingerprint density at radius 2 is 2.21 bits per heavy atom. The van der Waals surface area contributed by atoms with Gasteiger partial charge < -0.3 is 15.5 Å². The maximum Gasteiger partial charge on any atom is 0.241 e. The molecule has 0 unspecified atom stereocenters. The zero-order valence-corrected chi connectivity index (χ0v) is 12.1. The molecule has 4 nitrogen and oxygen atoms in total. The van der Waals surface area contributed by atoms with Crippen LogP contribution >= 0.6 is 11.6 Å². The van der Waals surface area contributed by atoms with Gasteiger partial charge in [0.1, 0.15) is 0 Å². The lowest BCUT2D eigenvalue weighted by Crippen LogP contribution is -2.43. The van der Waals surface area contributed by atoms with Crippen molar-refractivity contribution in [1.82, 2.24) is 5.32 Å². The van der Waals surface area contributed by atoms with E-state index in [-0.39, 0.29) is 11.9 Å². The summed E-state index contributed by atoms with van der Waals surface area (Å²) < 4.78 is 0. The van der Waals surface area contributed by atoms with E-state index in [1.54, 1.807) is 6.07 Å². The van der Waals surface area contributed by atoms with Crippen LogP contribution in [0.4, 0.5) is 11.4 Å². The number of benzene rings is 1. The number of hydrogen-bond acceptors (Lipinski definition) is 3. The van der Waals surface area contributed by atoms with Crippen LogP contribution in [-0.2, 0) is 4.79 Å². The van der Waals surface area contributed by atoms with E-state index in [1.807, 2.05) is 31.1 Å². The predicted molar refractivity (Wildman–Crippen MR) is 80.1 cm³/mol. The minimum atomic E-state index is -0.0947. The summed E-state index contributed by atoms with van der Waals surface area (Å²) in [5, 5.41) is 6.84. The molecule has 1 aromatic rings. The number of piperidine rings is 1. The van der Waals surface area contributed by atoms with Crippen LogP contribution in [0.25, 0.3) is 0 Å². The number of halogens is 1. The minimum Gasteiger partial charge on any atom is -0.376 e. The Balaban J connectivity index is 2.13. The van der Waals surface area contributed by atoms with Gasteiger partial charge in [-0.3, -0.25) is 4.79 Å². The van der Waals surface area contributed by atoms with Gasteiger partial charge in [-0.1, -0.05) is 18.0 Å². The summed E-state index contributed by atoms with van der Waals surface area (Å²) in [7, 11) is 3.88. The normalized spacial score (nSPS) is 19.0. The fourth-order valence-corrected chi connectivity index (χ4v) is 2.47. The smallest absolute Gasteiger partial charge is 0.241 e. The zero-order valence-electron chi connectivity index (χ0n) is 11.4. The van der Waals surface area contributed by atoms with Gasteiger partial charge in [-0.15, -0.1) is 0 Å². The molecule has 0 bridgehead atoms. The Morgan fingerprint density at radius 1 is 1.42 bits per heavy atom. The molecular formula is C14H20ClN3O. The molecule has 1 aromatic carbocycles. The molecule has 1 aliphatic heterocycles. The van der Waals surface area contributed by atoms with Crippen LogP contribution in [0.1, 0.15) is 19.3 Å². The first-order valence-corrected chi connectivity index (χ1v) is 6.97. The first kappa shape index (κ1) is 14.2. The summed E-state index contributed by atoms with van der Waals surface area (Å²) in [5.74, 6) is 0.0186. The van der Waals surface area contributed by atoms with Crippen molar-refractivity contribution in [3.63, 3.8) is 0 Å². The van der Waals surface area contributed by atoms with Crippen LogP contribution in [0.3, 0.4) is 0 Å². The third kappa shape index (κ3) is 3.61. The van der Waals surface area contributed by atoms with Gasteiger partial charge in [-0.05, 0) is 37.6 Å². The van der Waals surface area contributed by atoms with Crippen molar-refractivity contribution in [3.05, 3.63) is 23.2 Å². The Bertz CT molecular complexity index is 456. The molecule has 1 amide bonds. The second-order valence-corrected chi connectivity index (χ2v) is 5.48. The topological polar surface area (TPSA) is 44.4 Å². The summed E-state index contributed by atoms with van der Waals surface area (Å²) in [6.45, 7) is 0.911. The Labute approximate surface area is 119 Å². The van der Waals surface area contributed by atoms with Crippen LogP contribution in [-0.4, -0.2) is 32.6 Å². The standard InChI is InChI=1S/C14H20ClN3O/c1-18(2)13-7-6-10(15)9-12(13)17-14(19)11-5-3-4-8-16-11/h6-7,9,11,16H,3-5,8H2,1-2H3,(H,17,19)/t11-/m0/s1. The molecule has 0 aromatic heterocycles. The Kier molecular flexibility index (Phi) is 4.66. The average molecular weight is 282 g/mol. The lowest BCUT2D eigenvalue weighted by Gasteiger charge is -2.24. The second kappa shape index (κ2) is 6.26. The number of hydrogen-bond donors (Lipinski definition) is 2. The molecule has 0 radical (unpaired) electrons. The average Bonchev–Trinajstić information content (AvgIpc) is 2.39. The number of carbonyl (C=O) groups is 1. The predicted octanol–water partition coefficient (Wildman–Crippen LogP) is 2.49. The van der Waals surface area contributed by atoms with E-state index >= 15 is 0 Å². The number of nitrogens with zero attached hydrogens (tertiary/aromatic N) is 1. The van der Waals surface area contributed by atoms with Crippen molar-refractivity contribution < 1.29 is 4.79 Å². The molecule has 5 heteroatoms.